The molecule has 1 aromatic carbocycles. The fourth-order valence-corrected chi connectivity index (χ4v) is 3.62. The fourth-order valence-electron chi connectivity index (χ4n) is 2.61. The lowest BCUT2D eigenvalue weighted by atomic mass is 10.1. The Morgan fingerprint density at radius 3 is 3.05 bits per heavy atom. The van der Waals surface area contributed by atoms with Crippen molar-refractivity contribution in [1.82, 2.24) is 4.90 Å². The number of benzene rings is 1. The molecule has 120 valence electrons. The largest absolute Gasteiger partial charge is 0.497 e. The van der Waals surface area contributed by atoms with Gasteiger partial charge in [-0.2, -0.15) is 0 Å². The predicted octanol–water partition coefficient (Wildman–Crippen LogP) is 4.27. The highest BCUT2D eigenvalue weighted by atomic mass is 32.2. The molecule has 1 amide bonds. The van der Waals surface area contributed by atoms with Crippen LogP contribution >= 0.6 is 11.8 Å². The molecule has 3 nitrogen and oxygen atoms in total. The van der Waals surface area contributed by atoms with Crippen molar-refractivity contribution >= 4 is 17.7 Å². The molecule has 0 unspecified atom stereocenters. The summed E-state index contributed by atoms with van der Waals surface area (Å²) in [6, 6.07) is 6.14. The zero-order chi connectivity index (χ0) is 15.8. The highest BCUT2D eigenvalue weighted by Crippen LogP contribution is 2.30. The second-order valence-electron chi connectivity index (χ2n) is 5.53. The lowest BCUT2D eigenvalue weighted by Gasteiger charge is -2.20. The number of carbonyl (C=O) groups excluding carboxylic acids is 1. The number of thioether (sulfide) groups is 1. The first-order valence-corrected chi connectivity index (χ1v) is 8.91. The molecule has 1 heterocycles. The van der Waals surface area contributed by atoms with Crippen molar-refractivity contribution in [2.75, 3.05) is 19.4 Å². The van der Waals surface area contributed by atoms with Crippen LogP contribution in [0.5, 0.6) is 5.75 Å². The number of amides is 1. The standard InChI is InChI=1S/C18H25NO2S/c1-3-4-5-6-7-8-18(20)19-11-12-22-17-10-9-16(21-2)13-15(17)14-19/h3,9-10,13H,1,4-8,11-12,14H2,2H3. The highest BCUT2D eigenvalue weighted by molar-refractivity contribution is 7.99. The Labute approximate surface area is 137 Å². The normalized spacial score (nSPS) is 14.1. The van der Waals surface area contributed by atoms with E-state index in [1.807, 2.05) is 28.8 Å². The van der Waals surface area contributed by atoms with Crippen LogP contribution in [-0.4, -0.2) is 30.2 Å². The molecule has 0 fully saturated rings. The van der Waals surface area contributed by atoms with Crippen LogP contribution < -0.4 is 4.74 Å². The van der Waals surface area contributed by atoms with E-state index in [1.54, 1.807) is 7.11 Å². The van der Waals surface area contributed by atoms with Gasteiger partial charge in [-0.1, -0.05) is 12.5 Å². The van der Waals surface area contributed by atoms with Crippen molar-refractivity contribution in [2.45, 2.75) is 43.5 Å². The molecule has 2 rings (SSSR count). The molecule has 4 heteroatoms. The van der Waals surface area contributed by atoms with Gasteiger partial charge < -0.3 is 9.64 Å². The number of fused-ring (bicyclic) bond motifs is 1. The summed E-state index contributed by atoms with van der Waals surface area (Å²) in [5.41, 5.74) is 1.20. The van der Waals surface area contributed by atoms with Crippen LogP contribution in [0, 0.1) is 0 Å². The Morgan fingerprint density at radius 1 is 1.41 bits per heavy atom. The molecule has 0 bridgehead atoms. The molecule has 0 aliphatic carbocycles. The minimum absolute atomic E-state index is 0.273. The number of nitrogens with zero attached hydrogens (tertiary/aromatic N) is 1. The third kappa shape index (κ3) is 4.80. The first-order chi connectivity index (χ1) is 10.7. The molecular formula is C18H25NO2S. The maximum Gasteiger partial charge on any atom is 0.222 e. The Hall–Kier alpha value is -1.42. The van der Waals surface area contributed by atoms with Crippen molar-refractivity contribution < 1.29 is 9.53 Å². The number of unbranched alkanes of at least 4 members (excludes halogenated alkanes) is 3. The predicted molar refractivity (Wildman–Crippen MR) is 92.4 cm³/mol. The van der Waals surface area contributed by atoms with E-state index in [4.69, 9.17) is 4.74 Å². The maximum atomic E-state index is 12.4. The van der Waals surface area contributed by atoms with E-state index in [9.17, 15) is 4.79 Å². The molecule has 0 radical (unpaired) electrons. The lowest BCUT2D eigenvalue weighted by molar-refractivity contribution is -0.131. The van der Waals surface area contributed by atoms with Crippen LogP contribution in [0.1, 0.15) is 37.7 Å². The molecule has 0 atom stereocenters. The molecule has 0 saturated heterocycles. The molecule has 0 spiro atoms. The van der Waals surface area contributed by atoms with Gasteiger partial charge in [0.15, 0.2) is 0 Å². The first-order valence-electron chi connectivity index (χ1n) is 7.93. The van der Waals surface area contributed by atoms with Gasteiger partial charge in [0, 0.05) is 30.2 Å². The summed E-state index contributed by atoms with van der Waals surface area (Å²) >= 11 is 1.82. The highest BCUT2D eigenvalue weighted by Gasteiger charge is 2.19. The summed E-state index contributed by atoms with van der Waals surface area (Å²) in [5, 5.41) is 0. The monoisotopic (exact) mass is 319 g/mol. The van der Waals surface area contributed by atoms with E-state index >= 15 is 0 Å². The van der Waals surface area contributed by atoms with Gasteiger partial charge in [-0.3, -0.25) is 4.79 Å². The van der Waals surface area contributed by atoms with Crippen LogP contribution in [0.25, 0.3) is 0 Å². The van der Waals surface area contributed by atoms with Crippen molar-refractivity contribution in [3.8, 4) is 5.75 Å². The molecule has 22 heavy (non-hydrogen) atoms. The summed E-state index contributed by atoms with van der Waals surface area (Å²) < 4.78 is 5.30. The molecule has 0 saturated carbocycles. The van der Waals surface area contributed by atoms with Gasteiger partial charge in [0.25, 0.3) is 0 Å². The number of carbonyl (C=O) groups is 1. The van der Waals surface area contributed by atoms with Crippen LogP contribution in [0.3, 0.4) is 0 Å². The van der Waals surface area contributed by atoms with Gasteiger partial charge in [0.1, 0.15) is 5.75 Å². The van der Waals surface area contributed by atoms with Crippen molar-refractivity contribution in [3.63, 3.8) is 0 Å². The zero-order valence-electron chi connectivity index (χ0n) is 13.3. The summed E-state index contributed by atoms with van der Waals surface area (Å²) in [6.45, 7) is 5.25. The van der Waals surface area contributed by atoms with Crippen molar-refractivity contribution in [3.05, 3.63) is 36.4 Å². The van der Waals surface area contributed by atoms with Gasteiger partial charge >= 0.3 is 0 Å². The van der Waals surface area contributed by atoms with Crippen molar-refractivity contribution in [1.29, 1.82) is 0 Å². The zero-order valence-corrected chi connectivity index (χ0v) is 14.2. The molecule has 1 aromatic rings. The molecule has 0 N–H and O–H groups in total. The Balaban J connectivity index is 1.91. The van der Waals surface area contributed by atoms with Crippen LogP contribution in [-0.2, 0) is 11.3 Å². The van der Waals surface area contributed by atoms with Gasteiger partial charge in [0.05, 0.1) is 7.11 Å². The smallest absolute Gasteiger partial charge is 0.222 e. The molecule has 1 aliphatic heterocycles. The molecular weight excluding hydrogens is 294 g/mol. The van der Waals surface area contributed by atoms with E-state index in [0.29, 0.717) is 13.0 Å². The van der Waals surface area contributed by atoms with Crippen molar-refractivity contribution in [2.24, 2.45) is 0 Å². The average Bonchev–Trinajstić information content (AvgIpc) is 2.76. The summed E-state index contributed by atoms with van der Waals surface area (Å²) in [6.07, 6.45) is 6.85. The third-order valence-electron chi connectivity index (χ3n) is 3.90. The Kier molecular flexibility index (Phi) is 6.84. The van der Waals surface area contributed by atoms with E-state index < -0.39 is 0 Å². The number of rotatable bonds is 7. The maximum absolute atomic E-state index is 12.4. The fraction of sp³-hybridized carbons (Fsp3) is 0.500. The molecule has 1 aliphatic rings. The topological polar surface area (TPSA) is 29.5 Å². The third-order valence-corrected chi connectivity index (χ3v) is 5.00. The minimum atomic E-state index is 0.273. The van der Waals surface area contributed by atoms with E-state index in [0.717, 1.165) is 43.7 Å². The van der Waals surface area contributed by atoms with Gasteiger partial charge in [-0.15, -0.1) is 18.3 Å². The Morgan fingerprint density at radius 2 is 2.27 bits per heavy atom. The number of ether oxygens (including phenoxy) is 1. The van der Waals surface area contributed by atoms with E-state index in [1.165, 1.54) is 10.5 Å². The first kappa shape index (κ1) is 16.9. The number of hydrogen-bond acceptors (Lipinski definition) is 3. The summed E-state index contributed by atoms with van der Waals surface area (Å²) in [5.74, 6) is 2.09. The number of allylic oxidation sites excluding steroid dienone is 1. The number of methoxy groups -OCH3 is 1. The van der Waals surface area contributed by atoms with E-state index in [-0.39, 0.29) is 5.91 Å². The van der Waals surface area contributed by atoms with Gasteiger partial charge in [0.2, 0.25) is 5.91 Å². The van der Waals surface area contributed by atoms with Gasteiger partial charge in [-0.25, -0.2) is 0 Å². The van der Waals surface area contributed by atoms with Crippen LogP contribution in [0.15, 0.2) is 35.7 Å². The second kappa shape index (κ2) is 8.89. The van der Waals surface area contributed by atoms with Crippen LogP contribution in [0.4, 0.5) is 0 Å². The number of hydrogen-bond donors (Lipinski definition) is 0. The Bertz CT molecular complexity index is 516. The minimum Gasteiger partial charge on any atom is -0.497 e. The summed E-state index contributed by atoms with van der Waals surface area (Å²) in [4.78, 5) is 15.7. The molecule has 0 aromatic heterocycles. The quantitative estimate of drug-likeness (QED) is 0.555. The van der Waals surface area contributed by atoms with E-state index in [2.05, 4.69) is 18.7 Å². The summed E-state index contributed by atoms with van der Waals surface area (Å²) in [7, 11) is 1.68. The average molecular weight is 319 g/mol. The SMILES string of the molecule is C=CCCCCCC(=O)N1CCSc2ccc(OC)cc2C1. The van der Waals surface area contributed by atoms with Crippen LogP contribution in [0.2, 0.25) is 0 Å². The second-order valence-corrected chi connectivity index (χ2v) is 6.66. The lowest BCUT2D eigenvalue weighted by Crippen LogP contribution is -2.31. The van der Waals surface area contributed by atoms with Gasteiger partial charge in [-0.05, 0) is 43.0 Å².